The van der Waals surface area contributed by atoms with E-state index in [2.05, 4.69) is 152 Å². The van der Waals surface area contributed by atoms with Crippen molar-refractivity contribution in [1.82, 2.24) is 0 Å². The van der Waals surface area contributed by atoms with Crippen LogP contribution in [0.3, 0.4) is 0 Å². The molecule has 1 aliphatic carbocycles. The van der Waals surface area contributed by atoms with Crippen LogP contribution in [-0.4, -0.2) is 0 Å². The summed E-state index contributed by atoms with van der Waals surface area (Å²) in [7, 11) is 2.14. The summed E-state index contributed by atoms with van der Waals surface area (Å²) >= 11 is 0. The molecule has 0 radical (unpaired) electrons. The lowest BCUT2D eigenvalue weighted by atomic mass is 9.75. The van der Waals surface area contributed by atoms with E-state index in [1.54, 1.807) is 0 Å². The number of nitrogens with zero attached hydrogens (tertiary/aromatic N) is 2. The summed E-state index contributed by atoms with van der Waals surface area (Å²) in [6.07, 6.45) is 2.14. The molecule has 3 heterocycles. The Balaban J connectivity index is 1.44. The second-order valence-electron chi connectivity index (χ2n) is 11.6. The molecule has 2 heteroatoms. The lowest BCUT2D eigenvalue weighted by Gasteiger charge is -2.43. The van der Waals surface area contributed by atoms with Crippen LogP contribution in [0.25, 0.3) is 16.8 Å². The molecule has 0 N–H and O–H groups in total. The number of rotatable bonds is 2. The first-order valence-electron chi connectivity index (χ1n) is 13.9. The third-order valence-corrected chi connectivity index (χ3v) is 9.27. The molecule has 8 rings (SSSR count). The predicted molar refractivity (Wildman–Crippen MR) is 158 cm³/mol. The SMILES string of the molecule is C[n+]1ccccc1-c1ccccc1C1c2ccccc2C2C3=C(c4ccccc4N21)c1ccccc1C3(C)C. The Morgan fingerprint density at radius 3 is 1.95 bits per heavy atom. The summed E-state index contributed by atoms with van der Waals surface area (Å²) in [6.45, 7) is 4.85. The molecule has 3 aliphatic rings. The highest BCUT2D eigenvalue weighted by atomic mass is 15.2. The Hall–Kier alpha value is -4.43. The standard InChI is InChI=1S/C37H31N2/c1-37(2)30-20-10-8-18-28(30)33-29-19-9-11-22-32(29)39-35(26-16-6-7-17-27(26)36(39)34(33)37)25-15-5-4-14-24(25)31-21-12-13-23-38(31)3/h4-23,35-36H,1-3H3/q+1. The van der Waals surface area contributed by atoms with Gasteiger partial charge in [0.05, 0.1) is 17.6 Å². The number of aryl methyl sites for hydroxylation is 1. The molecule has 2 unspecified atom stereocenters. The van der Waals surface area contributed by atoms with Gasteiger partial charge in [-0.3, -0.25) is 0 Å². The summed E-state index contributed by atoms with van der Waals surface area (Å²) in [5, 5.41) is 0. The molecule has 0 spiro atoms. The fourth-order valence-electron chi connectivity index (χ4n) is 7.65. The number of fused-ring (bicyclic) bond motifs is 9. The first kappa shape index (κ1) is 22.5. The zero-order valence-electron chi connectivity index (χ0n) is 22.6. The van der Waals surface area contributed by atoms with Gasteiger partial charge in [0.1, 0.15) is 7.05 Å². The molecule has 0 saturated carbocycles. The highest BCUT2D eigenvalue weighted by molar-refractivity contribution is 5.98. The Morgan fingerprint density at radius 1 is 0.590 bits per heavy atom. The molecule has 0 bridgehead atoms. The normalized spacial score (nSPS) is 19.7. The molecule has 0 amide bonds. The zero-order valence-corrected chi connectivity index (χ0v) is 22.6. The summed E-state index contributed by atoms with van der Waals surface area (Å²) in [5.74, 6) is 0. The number of anilines is 1. The van der Waals surface area contributed by atoms with Gasteiger partial charge in [0.15, 0.2) is 6.20 Å². The minimum absolute atomic E-state index is 0.0736. The van der Waals surface area contributed by atoms with Gasteiger partial charge in [-0.05, 0) is 57.2 Å². The molecule has 1 aromatic heterocycles. The van der Waals surface area contributed by atoms with Crippen molar-refractivity contribution in [1.29, 1.82) is 0 Å². The Morgan fingerprint density at radius 2 is 1.18 bits per heavy atom. The van der Waals surface area contributed by atoms with Crippen molar-refractivity contribution in [2.45, 2.75) is 31.3 Å². The lowest BCUT2D eigenvalue weighted by molar-refractivity contribution is -0.660. The number of para-hydroxylation sites is 1. The van der Waals surface area contributed by atoms with Crippen molar-refractivity contribution in [2.75, 3.05) is 4.90 Å². The maximum atomic E-state index is 2.73. The van der Waals surface area contributed by atoms with Gasteiger partial charge in [0.2, 0.25) is 5.69 Å². The summed E-state index contributed by atoms with van der Waals surface area (Å²) < 4.78 is 2.23. The van der Waals surface area contributed by atoms with Crippen LogP contribution in [0.15, 0.2) is 127 Å². The number of aromatic nitrogens is 1. The van der Waals surface area contributed by atoms with Crippen molar-refractivity contribution in [3.63, 3.8) is 0 Å². The highest BCUT2D eigenvalue weighted by Gasteiger charge is 2.52. The van der Waals surface area contributed by atoms with E-state index < -0.39 is 0 Å². The Labute approximate surface area is 230 Å². The van der Waals surface area contributed by atoms with Crippen LogP contribution < -0.4 is 9.47 Å². The van der Waals surface area contributed by atoms with E-state index in [0.29, 0.717) is 0 Å². The van der Waals surface area contributed by atoms with Gasteiger partial charge in [-0.25, -0.2) is 4.57 Å². The van der Waals surface area contributed by atoms with Crippen LogP contribution in [0.2, 0.25) is 0 Å². The van der Waals surface area contributed by atoms with Crippen molar-refractivity contribution in [3.8, 4) is 11.3 Å². The maximum absolute atomic E-state index is 2.73. The second kappa shape index (κ2) is 8.04. The van der Waals surface area contributed by atoms with E-state index >= 15 is 0 Å². The topological polar surface area (TPSA) is 7.12 Å². The molecule has 39 heavy (non-hydrogen) atoms. The van der Waals surface area contributed by atoms with Gasteiger partial charge >= 0.3 is 0 Å². The van der Waals surface area contributed by atoms with Crippen molar-refractivity contribution < 1.29 is 4.57 Å². The van der Waals surface area contributed by atoms with Gasteiger partial charge in [-0.1, -0.05) is 98.8 Å². The fraction of sp³-hybridized carbons (Fsp3) is 0.162. The molecule has 5 aromatic rings. The van der Waals surface area contributed by atoms with Crippen LogP contribution in [0.5, 0.6) is 0 Å². The van der Waals surface area contributed by atoms with Gasteiger partial charge in [-0.15, -0.1) is 0 Å². The minimum atomic E-state index is -0.0736. The quantitative estimate of drug-likeness (QED) is 0.222. The first-order valence-corrected chi connectivity index (χ1v) is 13.9. The molecule has 2 atom stereocenters. The van der Waals surface area contributed by atoms with E-state index in [-0.39, 0.29) is 17.5 Å². The molecule has 0 saturated heterocycles. The molecule has 2 aliphatic heterocycles. The van der Waals surface area contributed by atoms with E-state index in [0.717, 1.165) is 0 Å². The number of benzene rings is 4. The zero-order chi connectivity index (χ0) is 26.3. The Bertz CT molecular complexity index is 1830. The molecule has 2 nitrogen and oxygen atoms in total. The number of hydrogen-bond acceptors (Lipinski definition) is 1. The number of hydrogen-bond donors (Lipinski definition) is 0. The van der Waals surface area contributed by atoms with E-state index in [1.165, 1.54) is 61.5 Å². The molecule has 188 valence electrons. The van der Waals surface area contributed by atoms with E-state index in [9.17, 15) is 0 Å². The van der Waals surface area contributed by atoms with E-state index in [1.807, 2.05) is 0 Å². The maximum Gasteiger partial charge on any atom is 0.212 e. The van der Waals surface area contributed by atoms with Gasteiger partial charge in [0.25, 0.3) is 0 Å². The predicted octanol–water partition coefficient (Wildman–Crippen LogP) is 7.94. The third-order valence-electron chi connectivity index (χ3n) is 9.27. The Kier molecular flexibility index (Phi) is 4.65. The summed E-state index contributed by atoms with van der Waals surface area (Å²) in [5.41, 5.74) is 15.1. The molecule has 0 fully saturated rings. The van der Waals surface area contributed by atoms with Crippen molar-refractivity contribution in [2.24, 2.45) is 7.05 Å². The first-order chi connectivity index (χ1) is 19.1. The van der Waals surface area contributed by atoms with Crippen LogP contribution in [0.1, 0.15) is 59.3 Å². The molecular weight excluding hydrogens is 472 g/mol. The summed E-state index contributed by atoms with van der Waals surface area (Å²) in [6, 6.07) is 43.1. The van der Waals surface area contributed by atoms with Crippen LogP contribution in [0.4, 0.5) is 5.69 Å². The fourth-order valence-corrected chi connectivity index (χ4v) is 7.65. The lowest BCUT2D eigenvalue weighted by Crippen LogP contribution is -2.36. The minimum Gasteiger partial charge on any atom is -0.349 e. The largest absolute Gasteiger partial charge is 0.349 e. The van der Waals surface area contributed by atoms with Gasteiger partial charge < -0.3 is 4.90 Å². The van der Waals surface area contributed by atoms with E-state index in [4.69, 9.17) is 0 Å². The molecular formula is C37H31N2+. The monoisotopic (exact) mass is 503 g/mol. The smallest absolute Gasteiger partial charge is 0.212 e. The highest BCUT2D eigenvalue weighted by Crippen LogP contribution is 2.64. The van der Waals surface area contributed by atoms with Crippen LogP contribution in [0, 0.1) is 0 Å². The molecule has 4 aromatic carbocycles. The summed E-state index contributed by atoms with van der Waals surface area (Å²) in [4.78, 5) is 2.73. The third kappa shape index (κ3) is 2.95. The van der Waals surface area contributed by atoms with Crippen molar-refractivity contribution >= 4 is 11.3 Å². The van der Waals surface area contributed by atoms with Crippen LogP contribution in [-0.2, 0) is 12.5 Å². The van der Waals surface area contributed by atoms with Gasteiger partial charge in [0, 0.05) is 28.8 Å². The van der Waals surface area contributed by atoms with Gasteiger partial charge in [-0.2, -0.15) is 0 Å². The van der Waals surface area contributed by atoms with Crippen molar-refractivity contribution in [3.05, 3.63) is 160 Å². The second-order valence-corrected chi connectivity index (χ2v) is 11.6. The average Bonchev–Trinajstić information content (AvgIpc) is 3.43. The number of pyridine rings is 1. The average molecular weight is 504 g/mol. The van der Waals surface area contributed by atoms with Crippen LogP contribution >= 0.6 is 0 Å².